The molecule has 0 saturated heterocycles. The molecule has 2 heterocycles. The number of carbonyl (C=O) groups is 1. The lowest BCUT2D eigenvalue weighted by molar-refractivity contribution is 0.0414. The van der Waals surface area contributed by atoms with Crippen molar-refractivity contribution in [1.29, 1.82) is 0 Å². The van der Waals surface area contributed by atoms with Crippen molar-refractivity contribution < 1.29 is 9.63 Å². The molecular weight excluding hydrogens is 326 g/mol. The van der Waals surface area contributed by atoms with Crippen LogP contribution in [-0.2, 0) is 4.84 Å². The van der Waals surface area contributed by atoms with Gasteiger partial charge in [0.2, 0.25) is 6.10 Å². The molecule has 0 aliphatic carbocycles. The first-order chi connectivity index (χ1) is 12.6. The van der Waals surface area contributed by atoms with Gasteiger partial charge in [-0.25, -0.2) is 4.68 Å². The molecule has 0 amide bonds. The Morgan fingerprint density at radius 3 is 2.27 bits per heavy atom. The van der Waals surface area contributed by atoms with Crippen molar-refractivity contribution >= 4 is 11.6 Å². The molecule has 0 unspecified atom stereocenters. The van der Waals surface area contributed by atoms with E-state index in [1.807, 2.05) is 80.6 Å². The van der Waals surface area contributed by atoms with Crippen molar-refractivity contribution in [2.75, 3.05) is 0 Å². The third kappa shape index (κ3) is 2.81. The summed E-state index contributed by atoms with van der Waals surface area (Å²) in [6, 6.07) is 21.6. The van der Waals surface area contributed by atoms with E-state index in [4.69, 9.17) is 4.84 Å². The molecule has 5 nitrogen and oxygen atoms in total. The molecule has 0 bridgehead atoms. The topological polar surface area (TPSA) is 56.5 Å². The van der Waals surface area contributed by atoms with Crippen LogP contribution in [0.3, 0.4) is 0 Å². The van der Waals surface area contributed by atoms with Gasteiger partial charge in [-0.1, -0.05) is 65.8 Å². The number of hydrogen-bond donors (Lipinski definition) is 0. The van der Waals surface area contributed by atoms with Crippen LogP contribution >= 0.6 is 0 Å². The van der Waals surface area contributed by atoms with Crippen molar-refractivity contribution in [2.45, 2.75) is 25.9 Å². The van der Waals surface area contributed by atoms with Gasteiger partial charge in [-0.05, 0) is 25.5 Å². The van der Waals surface area contributed by atoms with Gasteiger partial charge in [0.1, 0.15) is 0 Å². The van der Waals surface area contributed by atoms with Gasteiger partial charge in [0.15, 0.2) is 0 Å². The molecule has 0 radical (unpaired) electrons. The second kappa shape index (κ2) is 6.59. The predicted molar refractivity (Wildman–Crippen MR) is 99.4 cm³/mol. The molecule has 0 N–H and O–H groups in total. The number of hydrogen-bond acceptors (Lipinski definition) is 4. The first-order valence-corrected chi connectivity index (χ1v) is 8.56. The monoisotopic (exact) mass is 345 g/mol. The zero-order chi connectivity index (χ0) is 18.1. The van der Waals surface area contributed by atoms with E-state index in [1.54, 1.807) is 0 Å². The maximum Gasteiger partial charge on any atom is 0.292 e. The minimum Gasteiger partial charge on any atom is -0.381 e. The maximum absolute atomic E-state index is 13.1. The highest BCUT2D eigenvalue weighted by molar-refractivity contribution is 6.09. The van der Waals surface area contributed by atoms with Gasteiger partial charge in [-0.15, -0.1) is 0 Å². The van der Waals surface area contributed by atoms with Crippen molar-refractivity contribution in [2.24, 2.45) is 5.16 Å². The third-order valence-corrected chi connectivity index (χ3v) is 4.55. The van der Waals surface area contributed by atoms with Crippen LogP contribution in [0.15, 0.2) is 71.9 Å². The van der Waals surface area contributed by atoms with Crippen LogP contribution in [0.25, 0.3) is 0 Å². The molecule has 130 valence electrons. The van der Waals surface area contributed by atoms with Crippen molar-refractivity contribution in [1.82, 2.24) is 9.78 Å². The van der Waals surface area contributed by atoms with E-state index < -0.39 is 6.10 Å². The zero-order valence-electron chi connectivity index (χ0n) is 14.7. The van der Waals surface area contributed by atoms with E-state index in [9.17, 15) is 4.79 Å². The average molecular weight is 345 g/mol. The SMILES string of the molecule is Cc1cc(C)n(C(=O)[C@H]2ON=C(c3ccccc3)[C@@H]2c2ccccc2)n1. The maximum atomic E-state index is 13.1. The molecule has 1 aromatic heterocycles. The number of benzene rings is 2. The van der Waals surface area contributed by atoms with Gasteiger partial charge in [-0.3, -0.25) is 4.79 Å². The lowest BCUT2D eigenvalue weighted by Gasteiger charge is -2.19. The average Bonchev–Trinajstić information content (AvgIpc) is 3.26. The standard InChI is InChI=1S/C21H19N3O2/c1-14-13-15(2)24(22-14)21(25)20-18(16-9-5-3-6-10-16)19(23-26-20)17-11-7-4-8-12-17/h3-13,18,20H,1-2H3/t18-,20-/m0/s1. The molecule has 1 aliphatic heterocycles. The molecular formula is C21H19N3O2. The summed E-state index contributed by atoms with van der Waals surface area (Å²) in [4.78, 5) is 18.8. The molecule has 5 heteroatoms. The van der Waals surface area contributed by atoms with E-state index in [-0.39, 0.29) is 11.8 Å². The summed E-state index contributed by atoms with van der Waals surface area (Å²) >= 11 is 0. The van der Waals surface area contributed by atoms with Crippen molar-refractivity contribution in [3.63, 3.8) is 0 Å². The summed E-state index contributed by atoms with van der Waals surface area (Å²) in [7, 11) is 0. The largest absolute Gasteiger partial charge is 0.381 e. The Hall–Kier alpha value is -3.21. The van der Waals surface area contributed by atoms with Crippen molar-refractivity contribution in [3.8, 4) is 0 Å². The van der Waals surface area contributed by atoms with Gasteiger partial charge >= 0.3 is 0 Å². The van der Waals surface area contributed by atoms with E-state index in [0.29, 0.717) is 0 Å². The molecule has 0 fully saturated rings. The summed E-state index contributed by atoms with van der Waals surface area (Å²) in [5, 5.41) is 8.60. The predicted octanol–water partition coefficient (Wildman–Crippen LogP) is 3.73. The zero-order valence-corrected chi connectivity index (χ0v) is 14.7. The van der Waals surface area contributed by atoms with E-state index in [0.717, 1.165) is 28.2 Å². The summed E-state index contributed by atoms with van der Waals surface area (Å²) in [5.74, 6) is -0.492. The van der Waals surface area contributed by atoms with Crippen LogP contribution < -0.4 is 0 Å². The smallest absolute Gasteiger partial charge is 0.292 e. The van der Waals surface area contributed by atoms with Crippen LogP contribution in [0.5, 0.6) is 0 Å². The van der Waals surface area contributed by atoms with Gasteiger partial charge < -0.3 is 4.84 Å². The summed E-state index contributed by atoms with van der Waals surface area (Å²) in [6.07, 6.45) is -0.745. The Morgan fingerprint density at radius 1 is 1.00 bits per heavy atom. The van der Waals surface area contributed by atoms with Crippen LogP contribution in [0.2, 0.25) is 0 Å². The minimum atomic E-state index is -0.745. The minimum absolute atomic E-state index is 0.209. The Bertz CT molecular complexity index is 961. The number of oxime groups is 1. The highest BCUT2D eigenvalue weighted by Crippen LogP contribution is 2.33. The third-order valence-electron chi connectivity index (χ3n) is 4.55. The lowest BCUT2D eigenvalue weighted by atomic mass is 9.86. The molecule has 4 rings (SSSR count). The van der Waals surface area contributed by atoms with Gasteiger partial charge in [0.25, 0.3) is 5.91 Å². The van der Waals surface area contributed by atoms with E-state index in [2.05, 4.69) is 10.3 Å². The Morgan fingerprint density at radius 2 is 1.65 bits per heavy atom. The van der Waals surface area contributed by atoms with Crippen LogP contribution in [0, 0.1) is 13.8 Å². The van der Waals surface area contributed by atoms with Gasteiger partial charge in [-0.2, -0.15) is 5.10 Å². The highest BCUT2D eigenvalue weighted by atomic mass is 16.6. The first kappa shape index (κ1) is 16.3. The fourth-order valence-corrected chi connectivity index (χ4v) is 3.37. The molecule has 0 spiro atoms. The van der Waals surface area contributed by atoms with E-state index >= 15 is 0 Å². The second-order valence-electron chi connectivity index (χ2n) is 6.43. The normalized spacial score (nSPS) is 19.1. The molecule has 2 atom stereocenters. The van der Waals surface area contributed by atoms with Crippen LogP contribution in [0.4, 0.5) is 0 Å². The van der Waals surface area contributed by atoms with Gasteiger partial charge in [0, 0.05) is 11.3 Å². The Kier molecular flexibility index (Phi) is 4.13. The Balaban J connectivity index is 1.76. The number of nitrogens with zero attached hydrogens (tertiary/aromatic N) is 3. The number of aryl methyl sites for hydroxylation is 2. The molecule has 0 saturated carbocycles. The summed E-state index contributed by atoms with van der Waals surface area (Å²) in [5.41, 5.74) is 4.29. The fraction of sp³-hybridized carbons (Fsp3) is 0.190. The second-order valence-corrected chi connectivity index (χ2v) is 6.43. The van der Waals surface area contributed by atoms with Crippen LogP contribution in [0.1, 0.15) is 33.2 Å². The van der Waals surface area contributed by atoms with Gasteiger partial charge in [0.05, 0.1) is 17.3 Å². The number of aromatic nitrogens is 2. The Labute approximate surface area is 151 Å². The lowest BCUT2D eigenvalue weighted by Crippen LogP contribution is -2.35. The molecule has 3 aromatic rings. The molecule has 26 heavy (non-hydrogen) atoms. The van der Waals surface area contributed by atoms with E-state index in [1.165, 1.54) is 4.68 Å². The fourth-order valence-electron chi connectivity index (χ4n) is 3.37. The summed E-state index contributed by atoms with van der Waals surface area (Å²) in [6.45, 7) is 3.73. The summed E-state index contributed by atoms with van der Waals surface area (Å²) < 4.78 is 1.42. The van der Waals surface area contributed by atoms with Crippen LogP contribution in [-0.4, -0.2) is 27.5 Å². The highest BCUT2D eigenvalue weighted by Gasteiger charge is 2.42. The quantitative estimate of drug-likeness (QED) is 0.727. The number of carbonyl (C=O) groups excluding carboxylic acids is 1. The molecule has 2 aromatic carbocycles. The van der Waals surface area contributed by atoms with Crippen molar-refractivity contribution in [3.05, 3.63) is 89.2 Å². The number of rotatable bonds is 3. The first-order valence-electron chi connectivity index (χ1n) is 8.56. The molecule has 1 aliphatic rings.